The van der Waals surface area contributed by atoms with Crippen molar-refractivity contribution < 1.29 is 19.2 Å². The quantitative estimate of drug-likeness (QED) is 0.510. The number of nitrogens with one attached hydrogen (secondary N) is 1. The number of amides is 1. The first-order valence-corrected chi connectivity index (χ1v) is 7.23. The zero-order chi connectivity index (χ0) is 17.9. The second-order valence-electron chi connectivity index (χ2n) is 5.18. The van der Waals surface area contributed by atoms with Crippen molar-refractivity contribution >= 4 is 17.6 Å². The van der Waals surface area contributed by atoms with Crippen LogP contribution in [0.2, 0.25) is 0 Å². The number of nitro groups is 1. The summed E-state index contributed by atoms with van der Waals surface area (Å²) < 4.78 is 5.02. The Morgan fingerprint density at radius 1 is 1.50 bits per heavy atom. The Kier molecular flexibility index (Phi) is 4.94. The molecule has 8 nitrogen and oxygen atoms in total. The summed E-state index contributed by atoms with van der Waals surface area (Å²) in [4.78, 5) is 34.8. The average Bonchev–Trinajstić information content (AvgIpc) is 2.54. The second kappa shape index (κ2) is 6.91. The summed E-state index contributed by atoms with van der Waals surface area (Å²) in [5.74, 6) is -3.33. The standard InChI is InChI=1S/C16H15N3O5/c1-3-24-16(21)13-9(2)18-15(20)12(8-17)14(13)10-5-4-6-11(7-10)19(22)23/h4-7,12,14H,3H2,1-2H3,(H,18,20)/t12-,14-/m0/s1. The average molecular weight is 329 g/mol. The third kappa shape index (κ3) is 3.10. The topological polar surface area (TPSA) is 122 Å². The minimum absolute atomic E-state index is 0.127. The van der Waals surface area contributed by atoms with Crippen LogP contribution < -0.4 is 5.32 Å². The van der Waals surface area contributed by atoms with E-state index in [1.807, 2.05) is 6.07 Å². The van der Waals surface area contributed by atoms with E-state index in [2.05, 4.69) is 5.32 Å². The summed E-state index contributed by atoms with van der Waals surface area (Å²) in [5, 5.41) is 22.8. The molecular weight excluding hydrogens is 314 g/mol. The number of hydrogen-bond donors (Lipinski definition) is 1. The van der Waals surface area contributed by atoms with Gasteiger partial charge in [0.25, 0.3) is 5.69 Å². The predicted molar refractivity (Wildman–Crippen MR) is 82.4 cm³/mol. The Balaban J connectivity index is 2.63. The van der Waals surface area contributed by atoms with Gasteiger partial charge in [0.05, 0.1) is 23.2 Å². The third-order valence-corrected chi connectivity index (χ3v) is 3.72. The molecule has 0 saturated heterocycles. The molecule has 1 aliphatic rings. The van der Waals surface area contributed by atoms with Crippen molar-refractivity contribution in [2.75, 3.05) is 6.61 Å². The molecule has 1 aromatic rings. The minimum Gasteiger partial charge on any atom is -0.463 e. The fraction of sp³-hybridized carbons (Fsp3) is 0.312. The number of allylic oxidation sites excluding steroid dienone is 1. The van der Waals surface area contributed by atoms with Gasteiger partial charge in [0, 0.05) is 23.7 Å². The van der Waals surface area contributed by atoms with Gasteiger partial charge in [-0.1, -0.05) is 12.1 Å². The molecule has 1 aromatic carbocycles. The van der Waals surface area contributed by atoms with E-state index >= 15 is 0 Å². The van der Waals surface area contributed by atoms with Crippen LogP contribution in [-0.2, 0) is 14.3 Å². The van der Waals surface area contributed by atoms with Crippen LogP contribution in [0, 0.1) is 27.4 Å². The molecule has 0 saturated carbocycles. The van der Waals surface area contributed by atoms with E-state index in [-0.39, 0.29) is 23.6 Å². The second-order valence-corrected chi connectivity index (χ2v) is 5.18. The molecule has 0 bridgehead atoms. The highest BCUT2D eigenvalue weighted by atomic mass is 16.6. The molecule has 1 aliphatic heterocycles. The van der Waals surface area contributed by atoms with Gasteiger partial charge >= 0.3 is 5.97 Å². The molecule has 124 valence electrons. The summed E-state index contributed by atoms with van der Waals surface area (Å²) >= 11 is 0. The fourth-order valence-electron chi connectivity index (χ4n) is 2.69. The Labute approximate surface area is 137 Å². The number of ether oxygens (including phenoxy) is 1. The number of nitrogens with zero attached hydrogens (tertiary/aromatic N) is 2. The number of carbonyl (C=O) groups is 2. The van der Waals surface area contributed by atoms with Crippen molar-refractivity contribution in [2.24, 2.45) is 5.92 Å². The molecule has 0 radical (unpaired) electrons. The lowest BCUT2D eigenvalue weighted by molar-refractivity contribution is -0.384. The van der Waals surface area contributed by atoms with E-state index < -0.39 is 28.6 Å². The molecule has 1 amide bonds. The number of carbonyl (C=O) groups excluding carboxylic acids is 2. The molecular formula is C16H15N3O5. The van der Waals surface area contributed by atoms with E-state index in [0.717, 1.165) is 0 Å². The molecule has 0 spiro atoms. The number of nitro benzene ring substituents is 1. The Hall–Kier alpha value is -3.21. The summed E-state index contributed by atoms with van der Waals surface area (Å²) in [5.41, 5.74) is 0.564. The van der Waals surface area contributed by atoms with E-state index in [9.17, 15) is 25.0 Å². The van der Waals surface area contributed by atoms with E-state index in [1.54, 1.807) is 13.0 Å². The van der Waals surface area contributed by atoms with Crippen LogP contribution in [0.15, 0.2) is 35.5 Å². The number of esters is 1. The van der Waals surface area contributed by atoms with Crippen LogP contribution in [0.4, 0.5) is 5.69 Å². The zero-order valence-corrected chi connectivity index (χ0v) is 13.1. The summed E-state index contributed by atoms with van der Waals surface area (Å²) in [7, 11) is 0. The molecule has 8 heteroatoms. The third-order valence-electron chi connectivity index (χ3n) is 3.72. The van der Waals surface area contributed by atoms with Crippen LogP contribution in [0.1, 0.15) is 25.3 Å². The first-order chi connectivity index (χ1) is 11.4. The highest BCUT2D eigenvalue weighted by molar-refractivity contribution is 5.97. The Morgan fingerprint density at radius 2 is 2.21 bits per heavy atom. The smallest absolute Gasteiger partial charge is 0.336 e. The van der Waals surface area contributed by atoms with Crippen molar-refractivity contribution in [1.82, 2.24) is 5.32 Å². The summed E-state index contributed by atoms with van der Waals surface area (Å²) in [6, 6.07) is 7.44. The molecule has 1 heterocycles. The summed E-state index contributed by atoms with van der Waals surface area (Å²) in [6.07, 6.45) is 0. The zero-order valence-electron chi connectivity index (χ0n) is 13.1. The van der Waals surface area contributed by atoms with Gasteiger partial charge in [0.2, 0.25) is 5.91 Å². The van der Waals surface area contributed by atoms with Gasteiger partial charge in [0.15, 0.2) is 0 Å². The summed E-state index contributed by atoms with van der Waals surface area (Å²) in [6.45, 7) is 3.30. The fourth-order valence-corrected chi connectivity index (χ4v) is 2.69. The number of nitriles is 1. The van der Waals surface area contributed by atoms with Gasteiger partial charge < -0.3 is 10.1 Å². The van der Waals surface area contributed by atoms with Crippen molar-refractivity contribution in [3.63, 3.8) is 0 Å². The number of rotatable bonds is 4. The molecule has 2 atom stereocenters. The van der Waals surface area contributed by atoms with Crippen molar-refractivity contribution in [1.29, 1.82) is 5.26 Å². The lowest BCUT2D eigenvalue weighted by atomic mass is 9.77. The monoisotopic (exact) mass is 329 g/mol. The van der Waals surface area contributed by atoms with Crippen molar-refractivity contribution in [3.05, 3.63) is 51.2 Å². The van der Waals surface area contributed by atoms with Gasteiger partial charge in [-0.3, -0.25) is 14.9 Å². The van der Waals surface area contributed by atoms with Crippen molar-refractivity contribution in [2.45, 2.75) is 19.8 Å². The number of benzene rings is 1. The Morgan fingerprint density at radius 3 is 2.79 bits per heavy atom. The van der Waals surface area contributed by atoms with Gasteiger partial charge in [-0.2, -0.15) is 5.26 Å². The molecule has 0 unspecified atom stereocenters. The number of hydrogen-bond acceptors (Lipinski definition) is 6. The van der Waals surface area contributed by atoms with Gasteiger partial charge in [-0.05, 0) is 19.4 Å². The number of non-ortho nitro benzene ring substituents is 1. The van der Waals surface area contributed by atoms with Gasteiger partial charge in [-0.15, -0.1) is 0 Å². The first-order valence-electron chi connectivity index (χ1n) is 7.23. The maximum Gasteiger partial charge on any atom is 0.336 e. The van der Waals surface area contributed by atoms with Crippen LogP contribution in [0.5, 0.6) is 0 Å². The molecule has 24 heavy (non-hydrogen) atoms. The van der Waals surface area contributed by atoms with E-state index in [0.29, 0.717) is 5.56 Å². The molecule has 2 rings (SSSR count). The predicted octanol–water partition coefficient (Wildman–Crippen LogP) is 1.79. The molecule has 0 fully saturated rings. The van der Waals surface area contributed by atoms with Gasteiger partial charge in [-0.25, -0.2) is 4.79 Å². The van der Waals surface area contributed by atoms with Crippen LogP contribution in [0.3, 0.4) is 0 Å². The van der Waals surface area contributed by atoms with Gasteiger partial charge in [0.1, 0.15) is 5.92 Å². The lowest BCUT2D eigenvalue weighted by Gasteiger charge is -2.29. The Bertz CT molecular complexity index is 778. The van der Waals surface area contributed by atoms with Crippen LogP contribution in [-0.4, -0.2) is 23.4 Å². The van der Waals surface area contributed by atoms with Crippen LogP contribution in [0.25, 0.3) is 0 Å². The van der Waals surface area contributed by atoms with Crippen LogP contribution >= 0.6 is 0 Å². The maximum absolute atomic E-state index is 12.3. The minimum atomic E-state index is -1.19. The maximum atomic E-state index is 12.3. The highest BCUT2D eigenvalue weighted by Gasteiger charge is 2.41. The SMILES string of the molecule is CCOC(=O)C1=C(C)NC(=O)[C@@H](C#N)[C@@H]1c1cccc([N+](=O)[O-])c1. The largest absolute Gasteiger partial charge is 0.463 e. The highest BCUT2D eigenvalue weighted by Crippen LogP contribution is 2.38. The van der Waals surface area contributed by atoms with Crippen molar-refractivity contribution in [3.8, 4) is 6.07 Å². The first kappa shape index (κ1) is 17.1. The van der Waals surface area contributed by atoms with E-state index in [4.69, 9.17) is 4.74 Å². The molecule has 1 N–H and O–H groups in total. The normalized spacial score (nSPS) is 20.1. The molecule has 0 aliphatic carbocycles. The lowest BCUT2D eigenvalue weighted by Crippen LogP contribution is -2.41. The van der Waals surface area contributed by atoms with E-state index in [1.165, 1.54) is 25.1 Å². The molecule has 0 aromatic heterocycles.